The number of halogens is 2. The second-order valence-corrected chi connectivity index (χ2v) is 5.82. The highest BCUT2D eigenvalue weighted by Crippen LogP contribution is 2.35. The Kier molecular flexibility index (Phi) is 5.51. The molecule has 0 saturated carbocycles. The van der Waals surface area contributed by atoms with Crippen LogP contribution in [0.2, 0.25) is 10.0 Å². The molecular weight excluding hydrogens is 305 g/mol. The second-order valence-electron chi connectivity index (χ2n) is 5.01. The van der Waals surface area contributed by atoms with E-state index in [1.807, 2.05) is 43.3 Å². The molecule has 4 heteroatoms. The summed E-state index contributed by atoms with van der Waals surface area (Å²) in [5, 5.41) is 4.51. The van der Waals surface area contributed by atoms with Gasteiger partial charge in [0.25, 0.3) is 0 Å². The predicted molar refractivity (Wildman–Crippen MR) is 89.8 cm³/mol. The van der Waals surface area contributed by atoms with Crippen molar-refractivity contribution >= 4 is 23.2 Å². The van der Waals surface area contributed by atoms with Crippen molar-refractivity contribution in [2.45, 2.75) is 26.8 Å². The highest BCUT2D eigenvalue weighted by Gasteiger charge is 2.10. The molecule has 0 amide bonds. The van der Waals surface area contributed by atoms with Gasteiger partial charge in [0.15, 0.2) is 0 Å². The average Bonchev–Trinajstić information content (AvgIpc) is 2.44. The topological polar surface area (TPSA) is 21.3 Å². The Balaban J connectivity index is 2.21. The summed E-state index contributed by atoms with van der Waals surface area (Å²) in [5.41, 5.74) is 2.22. The van der Waals surface area contributed by atoms with E-state index in [0.717, 1.165) is 17.7 Å². The molecule has 1 atom stereocenters. The van der Waals surface area contributed by atoms with Gasteiger partial charge in [-0.1, -0.05) is 42.3 Å². The fourth-order valence-electron chi connectivity index (χ4n) is 2.10. The van der Waals surface area contributed by atoms with Crippen LogP contribution in [-0.2, 0) is 0 Å². The number of rotatable bonds is 5. The molecule has 0 radical (unpaired) electrons. The van der Waals surface area contributed by atoms with Gasteiger partial charge >= 0.3 is 0 Å². The van der Waals surface area contributed by atoms with Crippen molar-refractivity contribution < 1.29 is 4.74 Å². The van der Waals surface area contributed by atoms with Crippen molar-refractivity contribution in [3.8, 4) is 11.5 Å². The minimum absolute atomic E-state index is 0.254. The van der Waals surface area contributed by atoms with E-state index >= 15 is 0 Å². The molecule has 2 aromatic rings. The molecular formula is C17H19Cl2NO. The Labute approximate surface area is 136 Å². The van der Waals surface area contributed by atoms with Crippen LogP contribution in [0.4, 0.5) is 0 Å². The number of hydrogen-bond donors (Lipinski definition) is 1. The van der Waals surface area contributed by atoms with Crippen molar-refractivity contribution in [2.75, 3.05) is 6.54 Å². The third kappa shape index (κ3) is 4.13. The van der Waals surface area contributed by atoms with Crippen LogP contribution >= 0.6 is 23.2 Å². The molecule has 0 spiro atoms. The van der Waals surface area contributed by atoms with Gasteiger partial charge in [-0.3, -0.25) is 0 Å². The zero-order chi connectivity index (χ0) is 15.4. The zero-order valence-electron chi connectivity index (χ0n) is 12.4. The van der Waals surface area contributed by atoms with E-state index in [4.69, 9.17) is 27.9 Å². The first kappa shape index (κ1) is 16.2. The monoisotopic (exact) mass is 323 g/mol. The van der Waals surface area contributed by atoms with Crippen molar-refractivity contribution in [1.82, 2.24) is 5.32 Å². The van der Waals surface area contributed by atoms with E-state index < -0.39 is 0 Å². The lowest BCUT2D eigenvalue weighted by Gasteiger charge is -2.15. The molecule has 1 N–H and O–H groups in total. The first-order chi connectivity index (χ1) is 10.0. The molecule has 0 fully saturated rings. The first-order valence-corrected chi connectivity index (χ1v) is 7.73. The van der Waals surface area contributed by atoms with E-state index in [9.17, 15) is 0 Å². The number of ether oxygens (including phenoxy) is 1. The van der Waals surface area contributed by atoms with Gasteiger partial charge in [0.2, 0.25) is 0 Å². The Hall–Kier alpha value is -1.22. The van der Waals surface area contributed by atoms with Crippen LogP contribution in [-0.4, -0.2) is 6.54 Å². The highest BCUT2D eigenvalue weighted by atomic mass is 35.5. The van der Waals surface area contributed by atoms with Crippen LogP contribution in [0.25, 0.3) is 0 Å². The van der Waals surface area contributed by atoms with Crippen LogP contribution in [0.3, 0.4) is 0 Å². The molecule has 112 valence electrons. The van der Waals surface area contributed by atoms with E-state index in [-0.39, 0.29) is 6.04 Å². The molecule has 0 aromatic heterocycles. The maximum absolute atomic E-state index is 6.31. The summed E-state index contributed by atoms with van der Waals surface area (Å²) in [6.07, 6.45) is 0. The minimum Gasteiger partial charge on any atom is -0.454 e. The van der Waals surface area contributed by atoms with E-state index in [2.05, 4.69) is 19.2 Å². The maximum atomic E-state index is 6.31. The normalized spacial score (nSPS) is 12.2. The Morgan fingerprint density at radius 2 is 1.67 bits per heavy atom. The van der Waals surface area contributed by atoms with Crippen LogP contribution in [0, 0.1) is 6.92 Å². The van der Waals surface area contributed by atoms with Gasteiger partial charge < -0.3 is 10.1 Å². The summed E-state index contributed by atoms with van der Waals surface area (Å²) >= 11 is 12.5. The Morgan fingerprint density at radius 1 is 1.05 bits per heavy atom. The largest absolute Gasteiger partial charge is 0.454 e. The van der Waals surface area contributed by atoms with Gasteiger partial charge in [-0.15, -0.1) is 0 Å². The van der Waals surface area contributed by atoms with Crippen molar-refractivity contribution in [2.24, 2.45) is 0 Å². The molecule has 2 rings (SSSR count). The molecule has 2 aromatic carbocycles. The van der Waals surface area contributed by atoms with Gasteiger partial charge in [-0.2, -0.15) is 0 Å². The number of aryl methyl sites for hydroxylation is 1. The maximum Gasteiger partial charge on any atom is 0.146 e. The second kappa shape index (κ2) is 7.17. The minimum atomic E-state index is 0.254. The molecule has 21 heavy (non-hydrogen) atoms. The number of nitrogens with one attached hydrogen (secondary N) is 1. The zero-order valence-corrected chi connectivity index (χ0v) is 13.9. The molecule has 0 aliphatic heterocycles. The quantitative estimate of drug-likeness (QED) is 0.754. The van der Waals surface area contributed by atoms with Crippen LogP contribution < -0.4 is 10.1 Å². The first-order valence-electron chi connectivity index (χ1n) is 6.98. The summed E-state index contributed by atoms with van der Waals surface area (Å²) < 4.78 is 5.81. The van der Waals surface area contributed by atoms with Gasteiger partial charge in [0.1, 0.15) is 11.5 Å². The highest BCUT2D eigenvalue weighted by molar-refractivity contribution is 6.33. The average molecular weight is 324 g/mol. The lowest BCUT2D eigenvalue weighted by atomic mass is 10.1. The van der Waals surface area contributed by atoms with Gasteiger partial charge in [-0.25, -0.2) is 0 Å². The van der Waals surface area contributed by atoms with Crippen LogP contribution in [0.15, 0.2) is 36.4 Å². The molecule has 2 nitrogen and oxygen atoms in total. The summed E-state index contributed by atoms with van der Waals surface area (Å²) in [6, 6.07) is 11.7. The van der Waals surface area contributed by atoms with Crippen molar-refractivity contribution in [3.63, 3.8) is 0 Å². The summed E-state index contributed by atoms with van der Waals surface area (Å²) in [5.74, 6) is 1.21. The third-order valence-electron chi connectivity index (χ3n) is 3.27. The standard InChI is InChI=1S/C17H19Cl2NO/c1-4-20-12(3)13-6-8-17(15(19)10-13)21-16-7-5-11(2)9-14(16)18/h5-10,12,20H,4H2,1-3H3. The van der Waals surface area contributed by atoms with E-state index in [1.54, 1.807) is 0 Å². The Morgan fingerprint density at radius 3 is 2.24 bits per heavy atom. The van der Waals surface area contributed by atoms with E-state index in [0.29, 0.717) is 21.5 Å². The molecule has 0 heterocycles. The molecule has 0 aliphatic rings. The molecule has 0 saturated heterocycles. The van der Waals surface area contributed by atoms with Gasteiger partial charge in [-0.05, 0) is 55.8 Å². The number of hydrogen-bond acceptors (Lipinski definition) is 2. The number of benzene rings is 2. The van der Waals surface area contributed by atoms with Crippen molar-refractivity contribution in [3.05, 3.63) is 57.6 Å². The summed E-state index contributed by atoms with van der Waals surface area (Å²) in [7, 11) is 0. The van der Waals surface area contributed by atoms with E-state index in [1.165, 1.54) is 0 Å². The summed E-state index contributed by atoms with van der Waals surface area (Å²) in [6.45, 7) is 7.08. The van der Waals surface area contributed by atoms with Crippen LogP contribution in [0.1, 0.15) is 31.0 Å². The molecule has 0 bridgehead atoms. The summed E-state index contributed by atoms with van der Waals surface area (Å²) in [4.78, 5) is 0. The van der Waals surface area contributed by atoms with Gasteiger partial charge in [0, 0.05) is 6.04 Å². The fourth-order valence-corrected chi connectivity index (χ4v) is 2.60. The fraction of sp³-hybridized carbons (Fsp3) is 0.294. The smallest absolute Gasteiger partial charge is 0.146 e. The van der Waals surface area contributed by atoms with Gasteiger partial charge in [0.05, 0.1) is 10.0 Å². The third-order valence-corrected chi connectivity index (χ3v) is 3.86. The predicted octanol–water partition coefficient (Wildman–Crippen LogP) is 5.76. The Bertz CT molecular complexity index is 628. The SMILES string of the molecule is CCNC(C)c1ccc(Oc2ccc(C)cc2Cl)c(Cl)c1. The molecule has 1 unspecified atom stereocenters. The van der Waals surface area contributed by atoms with Crippen molar-refractivity contribution in [1.29, 1.82) is 0 Å². The van der Waals surface area contributed by atoms with Crippen LogP contribution in [0.5, 0.6) is 11.5 Å². The lowest BCUT2D eigenvalue weighted by Crippen LogP contribution is -2.17. The molecule has 0 aliphatic carbocycles. The lowest BCUT2D eigenvalue weighted by molar-refractivity contribution is 0.482.